The van der Waals surface area contributed by atoms with Crippen LogP contribution in [-0.2, 0) is 9.59 Å². The minimum absolute atomic E-state index is 0.0528. The van der Waals surface area contributed by atoms with Gasteiger partial charge in [0.15, 0.2) is 0 Å². The monoisotopic (exact) mass is 373 g/mol. The number of benzene rings is 2. The fourth-order valence-electron chi connectivity index (χ4n) is 2.64. The Morgan fingerprint density at radius 3 is 2.81 bits per heavy atom. The first-order valence-electron chi connectivity index (χ1n) is 8.08. The summed E-state index contributed by atoms with van der Waals surface area (Å²) in [5.74, 6) is -0.841. The zero-order valence-electron chi connectivity index (χ0n) is 13.8. The van der Waals surface area contributed by atoms with Gasteiger partial charge in [0.1, 0.15) is 5.82 Å². The van der Waals surface area contributed by atoms with Crippen molar-refractivity contribution < 1.29 is 14.0 Å². The van der Waals surface area contributed by atoms with Crippen molar-refractivity contribution in [3.63, 3.8) is 0 Å². The van der Waals surface area contributed by atoms with Gasteiger partial charge in [0.2, 0.25) is 11.8 Å². The first-order valence-corrected chi connectivity index (χ1v) is 8.45. The van der Waals surface area contributed by atoms with Crippen LogP contribution < -0.4 is 15.5 Å². The van der Waals surface area contributed by atoms with Crippen molar-refractivity contribution in [3.05, 3.63) is 64.9 Å². The van der Waals surface area contributed by atoms with Crippen LogP contribution in [0.1, 0.15) is 5.56 Å². The third kappa shape index (κ3) is 4.40. The van der Waals surface area contributed by atoms with E-state index in [1.807, 2.05) is 4.90 Å². The van der Waals surface area contributed by atoms with Gasteiger partial charge in [0.05, 0.1) is 17.3 Å². The summed E-state index contributed by atoms with van der Waals surface area (Å²) in [5, 5.41) is 5.88. The summed E-state index contributed by atoms with van der Waals surface area (Å²) in [6.45, 7) is 1.48. The number of nitrogens with one attached hydrogen (secondary N) is 2. The van der Waals surface area contributed by atoms with Crippen molar-refractivity contribution in [2.75, 3.05) is 29.9 Å². The Bertz CT molecular complexity index is 870. The van der Waals surface area contributed by atoms with Crippen LogP contribution in [0, 0.1) is 5.82 Å². The summed E-state index contributed by atoms with van der Waals surface area (Å²) in [7, 11) is 0. The molecule has 0 atom stereocenters. The predicted octanol–water partition coefficient (Wildman–Crippen LogP) is 3.07. The van der Waals surface area contributed by atoms with Crippen LogP contribution in [0.5, 0.6) is 0 Å². The van der Waals surface area contributed by atoms with E-state index in [0.29, 0.717) is 29.4 Å². The standard InChI is InChI=1S/C19H17ClFN3O2/c20-15-11-14(6-7-17(15)24-10-9-22-19(26)12-24)23-18(25)8-5-13-3-1-2-4-16(13)21/h1-8,11H,9-10,12H2,(H,22,26)(H,23,25)/b8-5+. The number of hydrogen-bond acceptors (Lipinski definition) is 3. The molecule has 0 bridgehead atoms. The molecular weight excluding hydrogens is 357 g/mol. The Balaban J connectivity index is 1.66. The quantitative estimate of drug-likeness (QED) is 0.810. The topological polar surface area (TPSA) is 61.4 Å². The van der Waals surface area contributed by atoms with Gasteiger partial charge in [0.25, 0.3) is 0 Å². The molecule has 0 radical (unpaired) electrons. The van der Waals surface area contributed by atoms with E-state index in [1.165, 1.54) is 18.2 Å². The SMILES string of the molecule is O=C(/C=C/c1ccccc1F)Nc1ccc(N2CCNC(=O)C2)c(Cl)c1. The number of hydrogen-bond donors (Lipinski definition) is 2. The van der Waals surface area contributed by atoms with Gasteiger partial charge in [0, 0.05) is 30.4 Å². The molecule has 1 fully saturated rings. The average molecular weight is 374 g/mol. The highest BCUT2D eigenvalue weighted by atomic mass is 35.5. The highest BCUT2D eigenvalue weighted by molar-refractivity contribution is 6.33. The molecule has 0 saturated carbocycles. The van der Waals surface area contributed by atoms with Crippen LogP contribution in [0.2, 0.25) is 5.02 Å². The highest BCUT2D eigenvalue weighted by Crippen LogP contribution is 2.29. The lowest BCUT2D eigenvalue weighted by molar-refractivity contribution is -0.120. The molecule has 26 heavy (non-hydrogen) atoms. The van der Waals surface area contributed by atoms with Crippen molar-refractivity contribution in [2.45, 2.75) is 0 Å². The van der Waals surface area contributed by atoms with Crippen LogP contribution in [0.25, 0.3) is 6.08 Å². The number of nitrogens with zero attached hydrogens (tertiary/aromatic N) is 1. The van der Waals surface area contributed by atoms with Gasteiger partial charge in [-0.05, 0) is 30.3 Å². The third-order valence-electron chi connectivity index (χ3n) is 3.91. The second kappa shape index (κ2) is 8.01. The first kappa shape index (κ1) is 17.9. The Labute approximate surface area is 155 Å². The normalized spacial score (nSPS) is 14.4. The summed E-state index contributed by atoms with van der Waals surface area (Å²) < 4.78 is 13.5. The number of carbonyl (C=O) groups excluding carboxylic acids is 2. The Morgan fingerprint density at radius 2 is 2.08 bits per heavy atom. The molecule has 2 aromatic rings. The van der Waals surface area contributed by atoms with Crippen molar-refractivity contribution in [2.24, 2.45) is 0 Å². The Morgan fingerprint density at radius 1 is 1.27 bits per heavy atom. The minimum atomic E-state index is -0.394. The van der Waals surface area contributed by atoms with E-state index in [2.05, 4.69) is 10.6 Å². The third-order valence-corrected chi connectivity index (χ3v) is 4.22. The van der Waals surface area contributed by atoms with E-state index in [1.54, 1.807) is 36.4 Å². The molecular formula is C19H17ClFN3O2. The number of amides is 2. The zero-order valence-corrected chi connectivity index (χ0v) is 14.6. The van der Waals surface area contributed by atoms with Crippen molar-refractivity contribution >= 4 is 40.9 Å². The molecule has 2 aromatic carbocycles. The summed E-state index contributed by atoms with van der Waals surface area (Å²) >= 11 is 6.30. The Kier molecular flexibility index (Phi) is 5.53. The molecule has 5 nitrogen and oxygen atoms in total. The molecule has 1 heterocycles. The molecule has 1 aliphatic rings. The van der Waals surface area contributed by atoms with Crippen LogP contribution >= 0.6 is 11.6 Å². The molecule has 0 aromatic heterocycles. The zero-order chi connectivity index (χ0) is 18.5. The van der Waals surface area contributed by atoms with E-state index in [4.69, 9.17) is 11.6 Å². The predicted molar refractivity (Wildman–Crippen MR) is 101 cm³/mol. The van der Waals surface area contributed by atoms with Gasteiger partial charge in [-0.1, -0.05) is 29.8 Å². The molecule has 2 N–H and O–H groups in total. The van der Waals surface area contributed by atoms with Gasteiger partial charge in [-0.3, -0.25) is 9.59 Å². The van der Waals surface area contributed by atoms with Crippen molar-refractivity contribution in [1.29, 1.82) is 0 Å². The molecule has 0 aliphatic carbocycles. The van der Waals surface area contributed by atoms with Crippen LogP contribution in [0.3, 0.4) is 0 Å². The number of piperazine rings is 1. The number of anilines is 2. The number of rotatable bonds is 4. The van der Waals surface area contributed by atoms with E-state index < -0.39 is 11.7 Å². The number of carbonyl (C=O) groups is 2. The van der Waals surface area contributed by atoms with Crippen molar-refractivity contribution in [3.8, 4) is 0 Å². The number of halogens is 2. The molecule has 0 unspecified atom stereocenters. The van der Waals surface area contributed by atoms with E-state index in [-0.39, 0.29) is 12.5 Å². The molecule has 0 spiro atoms. The van der Waals surface area contributed by atoms with Crippen molar-refractivity contribution in [1.82, 2.24) is 5.32 Å². The second-order valence-corrected chi connectivity index (χ2v) is 6.19. The molecule has 2 amide bonds. The maximum atomic E-state index is 13.5. The Hall–Kier alpha value is -2.86. The van der Waals surface area contributed by atoms with Gasteiger partial charge in [-0.15, -0.1) is 0 Å². The molecule has 1 aliphatic heterocycles. The lowest BCUT2D eigenvalue weighted by Crippen LogP contribution is -2.47. The van der Waals surface area contributed by atoms with Gasteiger partial charge in [-0.25, -0.2) is 4.39 Å². The van der Waals surface area contributed by atoms with Crippen LogP contribution in [-0.4, -0.2) is 31.4 Å². The first-order chi connectivity index (χ1) is 12.5. The maximum Gasteiger partial charge on any atom is 0.248 e. The van der Waals surface area contributed by atoms with E-state index in [9.17, 15) is 14.0 Å². The fraction of sp³-hybridized carbons (Fsp3) is 0.158. The molecule has 134 valence electrons. The minimum Gasteiger partial charge on any atom is -0.359 e. The van der Waals surface area contributed by atoms with Gasteiger partial charge < -0.3 is 15.5 Å². The lowest BCUT2D eigenvalue weighted by atomic mass is 10.2. The smallest absolute Gasteiger partial charge is 0.248 e. The lowest BCUT2D eigenvalue weighted by Gasteiger charge is -2.29. The second-order valence-electron chi connectivity index (χ2n) is 5.78. The maximum absolute atomic E-state index is 13.5. The van der Waals surface area contributed by atoms with E-state index in [0.717, 1.165) is 5.69 Å². The summed E-state index contributed by atoms with van der Waals surface area (Å²) in [6.07, 6.45) is 2.67. The van der Waals surface area contributed by atoms with Gasteiger partial charge >= 0.3 is 0 Å². The van der Waals surface area contributed by atoms with Crippen LogP contribution in [0.15, 0.2) is 48.5 Å². The van der Waals surface area contributed by atoms with Gasteiger partial charge in [-0.2, -0.15) is 0 Å². The summed E-state index contributed by atoms with van der Waals surface area (Å²) in [5.41, 5.74) is 1.59. The van der Waals surface area contributed by atoms with E-state index >= 15 is 0 Å². The summed E-state index contributed by atoms with van der Waals surface area (Å²) in [4.78, 5) is 25.4. The fourth-order valence-corrected chi connectivity index (χ4v) is 2.95. The van der Waals surface area contributed by atoms with Crippen LogP contribution in [0.4, 0.5) is 15.8 Å². The average Bonchev–Trinajstić information content (AvgIpc) is 2.61. The molecule has 3 rings (SSSR count). The molecule has 1 saturated heterocycles. The summed E-state index contributed by atoms with van der Waals surface area (Å²) in [6, 6.07) is 11.3. The highest BCUT2D eigenvalue weighted by Gasteiger charge is 2.18. The molecule has 7 heteroatoms. The largest absolute Gasteiger partial charge is 0.359 e.